The Morgan fingerprint density at radius 1 is 1.10 bits per heavy atom. The molecule has 2 aromatic rings. The number of hydrogen-bond acceptors (Lipinski definition) is 5. The number of carbonyl (C=O) groups excluding carboxylic acids is 1. The number of amides is 1. The molecule has 0 saturated carbocycles. The third kappa shape index (κ3) is 5.69. The fourth-order valence-corrected chi connectivity index (χ4v) is 3.42. The summed E-state index contributed by atoms with van der Waals surface area (Å²) in [6.45, 7) is 6.21. The van der Waals surface area contributed by atoms with E-state index in [4.69, 9.17) is 4.74 Å². The van der Waals surface area contributed by atoms with Gasteiger partial charge in [-0.2, -0.15) is 0 Å². The molecule has 1 atom stereocenters. The molecule has 1 aliphatic heterocycles. The molecule has 1 unspecified atom stereocenters. The van der Waals surface area contributed by atoms with E-state index in [1.807, 2.05) is 73.5 Å². The van der Waals surface area contributed by atoms with Crippen molar-refractivity contribution in [2.75, 3.05) is 32.1 Å². The van der Waals surface area contributed by atoms with E-state index < -0.39 is 0 Å². The topological polar surface area (TPSA) is 66.3 Å². The van der Waals surface area contributed by atoms with Crippen molar-refractivity contribution in [1.82, 2.24) is 4.90 Å². The van der Waals surface area contributed by atoms with Gasteiger partial charge in [0.15, 0.2) is 0 Å². The van der Waals surface area contributed by atoms with Crippen molar-refractivity contribution in [2.24, 2.45) is 9.98 Å². The number of aliphatic imine (C=N–C) groups is 2. The highest BCUT2D eigenvalue weighted by Gasteiger charge is 2.14. The van der Waals surface area contributed by atoms with Crippen molar-refractivity contribution in [3.63, 3.8) is 0 Å². The predicted molar refractivity (Wildman–Crippen MR) is 123 cm³/mol. The van der Waals surface area contributed by atoms with Crippen molar-refractivity contribution in [1.29, 1.82) is 0 Å². The number of anilines is 1. The second kappa shape index (κ2) is 10.6. The summed E-state index contributed by atoms with van der Waals surface area (Å²) in [6, 6.07) is 16.1. The van der Waals surface area contributed by atoms with Crippen LogP contribution in [0.5, 0.6) is 5.75 Å². The Morgan fingerprint density at radius 3 is 2.37 bits per heavy atom. The number of nitrogens with one attached hydrogen (secondary N) is 1. The molecule has 0 aliphatic carbocycles. The van der Waals surface area contributed by atoms with E-state index in [-0.39, 0.29) is 11.8 Å². The van der Waals surface area contributed by atoms with Gasteiger partial charge in [-0.15, -0.1) is 0 Å². The summed E-state index contributed by atoms with van der Waals surface area (Å²) in [6.07, 6.45) is 3.22. The van der Waals surface area contributed by atoms with Gasteiger partial charge in [0, 0.05) is 37.3 Å². The molecule has 2 aromatic carbocycles. The largest absolute Gasteiger partial charge is 0.497 e. The lowest BCUT2D eigenvalue weighted by molar-refractivity contribution is -0.130. The van der Waals surface area contributed by atoms with Crippen molar-refractivity contribution in [3.05, 3.63) is 59.7 Å². The van der Waals surface area contributed by atoms with Crippen LogP contribution in [0.4, 0.5) is 5.69 Å². The third-order valence-electron chi connectivity index (χ3n) is 5.31. The first-order chi connectivity index (χ1) is 14.6. The molecule has 1 N–H and O–H groups in total. The molecular weight excluding hydrogens is 376 g/mol. The zero-order valence-corrected chi connectivity index (χ0v) is 18.0. The fourth-order valence-electron chi connectivity index (χ4n) is 3.42. The van der Waals surface area contributed by atoms with Gasteiger partial charge in [0.1, 0.15) is 5.75 Å². The lowest BCUT2D eigenvalue weighted by atomic mass is 10.00. The monoisotopic (exact) mass is 406 g/mol. The van der Waals surface area contributed by atoms with Gasteiger partial charge in [0.25, 0.3) is 0 Å². The predicted octanol–water partition coefficient (Wildman–Crippen LogP) is 4.13. The minimum absolute atomic E-state index is 0.173. The Labute approximate surface area is 178 Å². The van der Waals surface area contributed by atoms with Crippen LogP contribution in [-0.2, 0) is 11.2 Å². The van der Waals surface area contributed by atoms with E-state index in [0.29, 0.717) is 18.9 Å². The normalized spacial score (nSPS) is 15.4. The van der Waals surface area contributed by atoms with Gasteiger partial charge in [0.2, 0.25) is 11.9 Å². The number of nitrogens with zero attached hydrogens (tertiary/aromatic N) is 3. The summed E-state index contributed by atoms with van der Waals surface area (Å²) in [5.74, 6) is 1.84. The van der Waals surface area contributed by atoms with Crippen LogP contribution in [0.2, 0.25) is 0 Å². The maximum atomic E-state index is 12.1. The van der Waals surface area contributed by atoms with Crippen LogP contribution in [0.25, 0.3) is 0 Å². The first-order valence-corrected chi connectivity index (χ1v) is 10.5. The van der Waals surface area contributed by atoms with E-state index in [1.165, 1.54) is 5.56 Å². The lowest BCUT2D eigenvalue weighted by Crippen LogP contribution is -2.30. The summed E-state index contributed by atoms with van der Waals surface area (Å²) < 4.78 is 5.21. The Kier molecular flexibility index (Phi) is 7.60. The summed E-state index contributed by atoms with van der Waals surface area (Å²) in [5, 5.41) is 3.26. The molecule has 1 aliphatic rings. The number of benzene rings is 2. The van der Waals surface area contributed by atoms with Crippen LogP contribution in [-0.4, -0.2) is 49.7 Å². The van der Waals surface area contributed by atoms with Gasteiger partial charge < -0.3 is 15.0 Å². The summed E-state index contributed by atoms with van der Waals surface area (Å²) >= 11 is 0. The van der Waals surface area contributed by atoms with Gasteiger partial charge in [-0.05, 0) is 55.7 Å². The number of rotatable bonds is 8. The fraction of sp³-hybridized carbons (Fsp3) is 0.375. The van der Waals surface area contributed by atoms with Crippen molar-refractivity contribution < 1.29 is 9.53 Å². The van der Waals surface area contributed by atoms with E-state index in [1.54, 1.807) is 7.11 Å². The number of guanidine groups is 1. The smallest absolute Gasteiger partial charge is 0.222 e. The molecule has 0 bridgehead atoms. The SMILES string of the molecule is CCN(CC)C(=O)CCc1ccc(NC2=NCC(c3ccc(OC)cc3)C=N2)cc1. The summed E-state index contributed by atoms with van der Waals surface area (Å²) in [7, 11) is 1.66. The molecule has 0 fully saturated rings. The summed E-state index contributed by atoms with van der Waals surface area (Å²) in [5.41, 5.74) is 3.26. The molecule has 0 aromatic heterocycles. The Bertz CT molecular complexity index is 884. The number of ether oxygens (including phenoxy) is 1. The quantitative estimate of drug-likeness (QED) is 0.717. The van der Waals surface area contributed by atoms with Crippen LogP contribution in [0.15, 0.2) is 58.5 Å². The van der Waals surface area contributed by atoms with Crippen LogP contribution in [0.1, 0.15) is 37.3 Å². The van der Waals surface area contributed by atoms with E-state index in [2.05, 4.69) is 15.3 Å². The van der Waals surface area contributed by atoms with E-state index >= 15 is 0 Å². The molecule has 3 rings (SSSR count). The number of methoxy groups -OCH3 is 1. The van der Waals surface area contributed by atoms with Crippen molar-refractivity contribution >= 4 is 23.8 Å². The molecule has 1 heterocycles. The molecule has 0 saturated heterocycles. The standard InChI is InChI=1S/C24H30N4O2/c1-4-28(5-2)23(29)15-8-18-6-11-21(12-7-18)27-24-25-16-20(17-26-24)19-9-13-22(30-3)14-10-19/h6-7,9-14,16,20H,4-5,8,15,17H2,1-3H3,(H,26,27). The Morgan fingerprint density at radius 2 is 1.80 bits per heavy atom. The van der Waals surface area contributed by atoms with Crippen LogP contribution in [0.3, 0.4) is 0 Å². The van der Waals surface area contributed by atoms with Gasteiger partial charge >= 0.3 is 0 Å². The van der Waals surface area contributed by atoms with Crippen LogP contribution < -0.4 is 10.1 Å². The molecule has 6 nitrogen and oxygen atoms in total. The second-order valence-corrected chi connectivity index (χ2v) is 7.21. The zero-order chi connectivity index (χ0) is 21.3. The maximum absolute atomic E-state index is 12.1. The average Bonchev–Trinajstić information content (AvgIpc) is 2.80. The van der Waals surface area contributed by atoms with Crippen LogP contribution >= 0.6 is 0 Å². The number of aryl methyl sites for hydroxylation is 1. The molecule has 6 heteroatoms. The van der Waals surface area contributed by atoms with E-state index in [0.717, 1.165) is 36.5 Å². The minimum Gasteiger partial charge on any atom is -0.497 e. The second-order valence-electron chi connectivity index (χ2n) is 7.21. The molecule has 0 spiro atoms. The van der Waals surface area contributed by atoms with E-state index in [9.17, 15) is 4.79 Å². The van der Waals surface area contributed by atoms with Gasteiger partial charge in [-0.1, -0.05) is 24.3 Å². The molecule has 1 amide bonds. The summed E-state index contributed by atoms with van der Waals surface area (Å²) in [4.78, 5) is 23.1. The molecule has 30 heavy (non-hydrogen) atoms. The van der Waals surface area contributed by atoms with Gasteiger partial charge in [-0.25, -0.2) is 4.99 Å². The van der Waals surface area contributed by atoms with Gasteiger partial charge in [-0.3, -0.25) is 9.79 Å². The Hall–Kier alpha value is -3.15. The molecule has 0 radical (unpaired) electrons. The third-order valence-corrected chi connectivity index (χ3v) is 5.31. The number of hydrogen-bond donors (Lipinski definition) is 1. The Balaban J connectivity index is 1.50. The van der Waals surface area contributed by atoms with Gasteiger partial charge in [0.05, 0.1) is 13.7 Å². The minimum atomic E-state index is 0.173. The maximum Gasteiger partial charge on any atom is 0.222 e. The molecular formula is C24H30N4O2. The average molecular weight is 407 g/mol. The highest BCUT2D eigenvalue weighted by molar-refractivity contribution is 6.00. The zero-order valence-electron chi connectivity index (χ0n) is 18.0. The highest BCUT2D eigenvalue weighted by atomic mass is 16.5. The first-order valence-electron chi connectivity index (χ1n) is 10.5. The van der Waals surface area contributed by atoms with Crippen LogP contribution in [0, 0.1) is 0 Å². The molecule has 158 valence electrons. The first kappa shape index (κ1) is 21.6. The van der Waals surface area contributed by atoms with Crippen molar-refractivity contribution in [2.45, 2.75) is 32.6 Å². The highest BCUT2D eigenvalue weighted by Crippen LogP contribution is 2.21. The number of carbonyl (C=O) groups is 1. The van der Waals surface area contributed by atoms with Crippen molar-refractivity contribution in [3.8, 4) is 5.75 Å². The lowest BCUT2D eigenvalue weighted by Gasteiger charge is -2.18.